The Morgan fingerprint density at radius 1 is 1.29 bits per heavy atom. The van der Waals surface area contributed by atoms with E-state index in [0.29, 0.717) is 17.8 Å². The Morgan fingerprint density at radius 3 is 2.29 bits per heavy atom. The molecule has 0 saturated heterocycles. The van der Waals surface area contributed by atoms with Crippen LogP contribution in [0.3, 0.4) is 0 Å². The maximum Gasteiger partial charge on any atom is 0.262 e. The molecule has 0 aliphatic carbocycles. The van der Waals surface area contributed by atoms with Crippen molar-refractivity contribution in [3.63, 3.8) is 0 Å². The van der Waals surface area contributed by atoms with Crippen LogP contribution in [-0.2, 0) is 16.6 Å². The van der Waals surface area contributed by atoms with Crippen molar-refractivity contribution in [2.75, 3.05) is 6.54 Å². The van der Waals surface area contributed by atoms with E-state index in [1.807, 2.05) is 27.7 Å². The van der Waals surface area contributed by atoms with Gasteiger partial charge in [-0.2, -0.15) is 9.40 Å². The fourth-order valence-electron chi connectivity index (χ4n) is 2.49. The molecule has 0 saturated carbocycles. The molecule has 0 fully saturated rings. The topological polar surface area (TPSA) is 92.1 Å². The zero-order valence-corrected chi connectivity index (χ0v) is 14.5. The Labute approximate surface area is 128 Å². The summed E-state index contributed by atoms with van der Waals surface area (Å²) in [6, 6.07) is -0.0139. The largest absolute Gasteiger partial charge is 0.326 e. The second-order valence-electron chi connectivity index (χ2n) is 5.78. The number of sulfonamides is 1. The predicted octanol–water partition coefficient (Wildman–Crippen LogP) is 2.01. The molecule has 122 valence electrons. The monoisotopic (exact) mass is 316 g/mol. The van der Waals surface area contributed by atoms with Crippen LogP contribution in [0.5, 0.6) is 0 Å². The Hall–Kier alpha value is -0.920. The van der Waals surface area contributed by atoms with E-state index in [0.717, 1.165) is 12.8 Å². The number of aryl methyl sites for hydroxylation is 1. The molecule has 0 aromatic carbocycles. The summed E-state index contributed by atoms with van der Waals surface area (Å²) in [5, 5.41) is 6.82. The average Bonchev–Trinajstić information content (AvgIpc) is 2.80. The van der Waals surface area contributed by atoms with Crippen LogP contribution in [-0.4, -0.2) is 35.5 Å². The molecule has 0 atom stereocenters. The Bertz CT molecular complexity index is 547. The Morgan fingerprint density at radius 2 is 1.86 bits per heavy atom. The van der Waals surface area contributed by atoms with E-state index in [1.165, 1.54) is 0 Å². The van der Waals surface area contributed by atoms with Crippen LogP contribution < -0.4 is 5.73 Å². The summed E-state index contributed by atoms with van der Waals surface area (Å²) in [5.74, 6) is 0.252. The molecule has 6 nitrogen and oxygen atoms in total. The lowest BCUT2D eigenvalue weighted by atomic mass is 10.1. The number of nitrogens with zero attached hydrogens (tertiary/aromatic N) is 2. The lowest BCUT2D eigenvalue weighted by Gasteiger charge is -2.30. The molecule has 7 heteroatoms. The van der Waals surface area contributed by atoms with E-state index in [1.54, 1.807) is 11.2 Å². The van der Waals surface area contributed by atoms with Gasteiger partial charge in [0.1, 0.15) is 0 Å². The van der Waals surface area contributed by atoms with Crippen molar-refractivity contribution in [2.24, 2.45) is 11.7 Å². The van der Waals surface area contributed by atoms with Crippen LogP contribution in [0, 0.1) is 12.8 Å². The molecule has 3 N–H and O–H groups in total. The summed E-state index contributed by atoms with van der Waals surface area (Å²) in [4.78, 5) is 0. The van der Waals surface area contributed by atoms with Crippen molar-refractivity contribution >= 4 is 10.0 Å². The zero-order chi connectivity index (χ0) is 16.2. The molecule has 1 heterocycles. The third-order valence-corrected chi connectivity index (χ3v) is 5.58. The zero-order valence-electron chi connectivity index (χ0n) is 13.7. The first-order chi connectivity index (χ1) is 9.79. The molecule has 1 aromatic heterocycles. The van der Waals surface area contributed by atoms with Crippen molar-refractivity contribution in [2.45, 2.75) is 65.1 Å². The Kier molecular flexibility index (Phi) is 6.37. The van der Waals surface area contributed by atoms with Crippen LogP contribution in [0.1, 0.15) is 51.8 Å². The number of H-pyrrole nitrogens is 1. The average molecular weight is 316 g/mol. The number of hydrogen-bond acceptors (Lipinski definition) is 4. The SMILES string of the molecule is CCC(CC)N(CC(C)C)S(=O)(=O)c1n[nH]c(C)c1CN. The molecule has 0 aliphatic rings. The highest BCUT2D eigenvalue weighted by molar-refractivity contribution is 7.89. The fraction of sp³-hybridized carbons (Fsp3) is 0.786. The number of aromatic amines is 1. The van der Waals surface area contributed by atoms with Gasteiger partial charge in [0.25, 0.3) is 10.0 Å². The van der Waals surface area contributed by atoms with Crippen LogP contribution in [0.2, 0.25) is 0 Å². The molecular weight excluding hydrogens is 288 g/mol. The minimum absolute atomic E-state index is 0.0139. The highest BCUT2D eigenvalue weighted by Crippen LogP contribution is 2.25. The molecule has 0 radical (unpaired) electrons. The quantitative estimate of drug-likeness (QED) is 0.767. The number of hydrogen-bond donors (Lipinski definition) is 2. The molecule has 21 heavy (non-hydrogen) atoms. The van der Waals surface area contributed by atoms with Gasteiger partial charge in [-0.1, -0.05) is 27.7 Å². The molecular formula is C14H28N4O2S. The third kappa shape index (κ3) is 3.84. The number of rotatable bonds is 8. The molecule has 0 aliphatic heterocycles. The summed E-state index contributed by atoms with van der Waals surface area (Å²) in [5.41, 5.74) is 6.98. The molecule has 1 rings (SSSR count). The van der Waals surface area contributed by atoms with Gasteiger partial charge in [0.05, 0.1) is 0 Å². The van der Waals surface area contributed by atoms with Gasteiger partial charge in [0.2, 0.25) is 0 Å². The van der Waals surface area contributed by atoms with Gasteiger partial charge in [-0.25, -0.2) is 8.42 Å². The predicted molar refractivity (Wildman–Crippen MR) is 84.3 cm³/mol. The standard InChI is InChI=1S/C14H28N4O2S/c1-6-12(7-2)18(9-10(3)4)21(19,20)14-13(8-15)11(5)16-17-14/h10,12H,6-9,15H2,1-5H3,(H,16,17). The fourth-order valence-corrected chi connectivity index (χ4v) is 4.61. The van der Waals surface area contributed by atoms with E-state index in [4.69, 9.17) is 5.73 Å². The summed E-state index contributed by atoms with van der Waals surface area (Å²) < 4.78 is 27.6. The first-order valence-corrected chi connectivity index (χ1v) is 8.99. The van der Waals surface area contributed by atoms with Gasteiger partial charge in [0.15, 0.2) is 5.03 Å². The highest BCUT2D eigenvalue weighted by atomic mass is 32.2. The Balaban J connectivity index is 3.32. The molecule has 1 aromatic rings. The van der Waals surface area contributed by atoms with Gasteiger partial charge in [-0.15, -0.1) is 0 Å². The molecule has 0 unspecified atom stereocenters. The van der Waals surface area contributed by atoms with Gasteiger partial charge in [-0.05, 0) is 25.7 Å². The van der Waals surface area contributed by atoms with Crippen molar-refractivity contribution in [1.82, 2.24) is 14.5 Å². The smallest absolute Gasteiger partial charge is 0.262 e. The summed E-state index contributed by atoms with van der Waals surface area (Å²) in [6.07, 6.45) is 1.56. The second-order valence-corrected chi connectivity index (χ2v) is 7.58. The van der Waals surface area contributed by atoms with Crippen LogP contribution in [0.15, 0.2) is 5.03 Å². The first kappa shape index (κ1) is 18.1. The minimum Gasteiger partial charge on any atom is -0.326 e. The van der Waals surface area contributed by atoms with E-state index in [2.05, 4.69) is 10.2 Å². The third-order valence-electron chi connectivity index (χ3n) is 3.69. The summed E-state index contributed by atoms with van der Waals surface area (Å²) >= 11 is 0. The number of aromatic nitrogens is 2. The highest BCUT2D eigenvalue weighted by Gasteiger charge is 2.34. The number of nitrogens with one attached hydrogen (secondary N) is 1. The molecule has 0 spiro atoms. The van der Waals surface area contributed by atoms with Crippen LogP contribution >= 0.6 is 0 Å². The lowest BCUT2D eigenvalue weighted by Crippen LogP contribution is -2.42. The van der Waals surface area contributed by atoms with Crippen LogP contribution in [0.4, 0.5) is 0 Å². The lowest BCUT2D eigenvalue weighted by molar-refractivity contribution is 0.276. The van der Waals surface area contributed by atoms with E-state index in [9.17, 15) is 8.42 Å². The maximum atomic E-state index is 13.0. The van der Waals surface area contributed by atoms with E-state index < -0.39 is 10.0 Å². The minimum atomic E-state index is -3.63. The van der Waals surface area contributed by atoms with Crippen molar-refractivity contribution in [3.05, 3.63) is 11.3 Å². The summed E-state index contributed by atoms with van der Waals surface area (Å²) in [6.45, 7) is 10.5. The normalized spacial score (nSPS) is 12.8. The van der Waals surface area contributed by atoms with Crippen molar-refractivity contribution in [3.8, 4) is 0 Å². The molecule has 0 bridgehead atoms. The van der Waals surface area contributed by atoms with Crippen molar-refractivity contribution in [1.29, 1.82) is 0 Å². The van der Waals surface area contributed by atoms with Crippen molar-refractivity contribution < 1.29 is 8.42 Å². The number of nitrogens with two attached hydrogens (primary N) is 1. The van der Waals surface area contributed by atoms with Gasteiger partial charge < -0.3 is 5.73 Å². The second kappa shape index (κ2) is 7.38. The van der Waals surface area contributed by atoms with Gasteiger partial charge >= 0.3 is 0 Å². The van der Waals surface area contributed by atoms with Crippen LogP contribution in [0.25, 0.3) is 0 Å². The first-order valence-electron chi connectivity index (χ1n) is 7.55. The van der Waals surface area contributed by atoms with Gasteiger partial charge in [-0.3, -0.25) is 5.10 Å². The maximum absolute atomic E-state index is 13.0. The van der Waals surface area contributed by atoms with E-state index in [-0.39, 0.29) is 23.5 Å². The van der Waals surface area contributed by atoms with Gasteiger partial charge in [0, 0.05) is 30.4 Å². The summed E-state index contributed by atoms with van der Waals surface area (Å²) in [7, 11) is -3.63. The molecule has 0 amide bonds. The van der Waals surface area contributed by atoms with E-state index >= 15 is 0 Å².